The number of imidazole rings is 1. The molecule has 0 amide bonds. The molecule has 0 atom stereocenters. The van der Waals surface area contributed by atoms with E-state index in [9.17, 15) is 0 Å². The predicted octanol–water partition coefficient (Wildman–Crippen LogP) is 2.79. The van der Waals surface area contributed by atoms with E-state index in [1.165, 1.54) is 27.7 Å². The summed E-state index contributed by atoms with van der Waals surface area (Å²) < 4.78 is 4.50. The molecule has 0 N–H and O–H groups in total. The summed E-state index contributed by atoms with van der Waals surface area (Å²) in [7, 11) is 2.11. The van der Waals surface area contributed by atoms with Crippen LogP contribution in [0.25, 0.3) is 16.3 Å². The molecule has 0 radical (unpaired) electrons. The summed E-state index contributed by atoms with van der Waals surface area (Å²) in [4.78, 5) is 0. The number of hydrogen-bond acceptors (Lipinski definition) is 0. The second-order valence-electron chi connectivity index (χ2n) is 4.71. The van der Waals surface area contributed by atoms with Crippen LogP contribution < -0.4 is 4.57 Å². The number of nitrogens with zero attached hydrogens (tertiary/aromatic N) is 2. The zero-order valence-corrected chi connectivity index (χ0v) is 10.6. The molecular weight excluding hydrogens is 208 g/mol. The fraction of sp³-hybridized carbons (Fsp3) is 0.267. The second-order valence-corrected chi connectivity index (χ2v) is 4.71. The highest BCUT2D eigenvalue weighted by molar-refractivity contribution is 5.85. The molecule has 1 aromatic carbocycles. The molecule has 0 spiro atoms. The lowest BCUT2D eigenvalue weighted by Crippen LogP contribution is -2.30. The third-order valence-electron chi connectivity index (χ3n) is 3.42. The predicted molar refractivity (Wildman–Crippen MR) is 70.2 cm³/mol. The first-order valence-electron chi connectivity index (χ1n) is 6.09. The van der Waals surface area contributed by atoms with Gasteiger partial charge < -0.3 is 0 Å². The Morgan fingerprint density at radius 3 is 2.76 bits per heavy atom. The molecule has 3 rings (SSSR count). The van der Waals surface area contributed by atoms with Crippen molar-refractivity contribution in [2.24, 2.45) is 7.05 Å². The molecule has 2 nitrogen and oxygen atoms in total. The number of benzene rings is 1. The van der Waals surface area contributed by atoms with Crippen molar-refractivity contribution in [1.82, 2.24) is 4.40 Å². The van der Waals surface area contributed by atoms with Crippen molar-refractivity contribution < 1.29 is 4.57 Å². The average molecular weight is 225 g/mol. The minimum atomic E-state index is 1.04. The van der Waals surface area contributed by atoms with Crippen LogP contribution in [0.5, 0.6) is 0 Å². The minimum Gasteiger partial charge on any atom is -0.236 e. The Bertz CT molecular complexity index is 708. The highest BCUT2D eigenvalue weighted by Crippen LogP contribution is 2.19. The summed E-state index contributed by atoms with van der Waals surface area (Å²) in [5.74, 6) is 1.34. The van der Waals surface area contributed by atoms with Gasteiger partial charge in [-0.2, -0.15) is 4.40 Å². The molecule has 0 fully saturated rings. The summed E-state index contributed by atoms with van der Waals surface area (Å²) in [6, 6.07) is 8.88. The van der Waals surface area contributed by atoms with Crippen molar-refractivity contribution >= 4 is 16.3 Å². The lowest BCUT2D eigenvalue weighted by molar-refractivity contribution is -0.677. The van der Waals surface area contributed by atoms with E-state index in [-0.39, 0.29) is 0 Å². The van der Waals surface area contributed by atoms with E-state index in [2.05, 4.69) is 66.5 Å². The van der Waals surface area contributed by atoms with Crippen LogP contribution in [0.15, 0.2) is 36.7 Å². The molecule has 0 saturated heterocycles. The first-order chi connectivity index (χ1) is 8.19. The molecular formula is C15H17N2+. The zero-order chi connectivity index (χ0) is 12.0. The molecule has 0 bridgehead atoms. The van der Waals surface area contributed by atoms with Crippen LogP contribution >= 0.6 is 0 Å². The number of fused-ring (bicyclic) bond motifs is 2. The quantitative estimate of drug-likeness (QED) is 0.563. The van der Waals surface area contributed by atoms with Crippen molar-refractivity contribution in [3.63, 3.8) is 0 Å². The van der Waals surface area contributed by atoms with Gasteiger partial charge in [0.25, 0.3) is 5.82 Å². The van der Waals surface area contributed by atoms with E-state index in [4.69, 9.17) is 0 Å². The molecule has 0 unspecified atom stereocenters. The lowest BCUT2D eigenvalue weighted by atomic mass is 10.1. The summed E-state index contributed by atoms with van der Waals surface area (Å²) in [5.41, 5.74) is 2.58. The van der Waals surface area contributed by atoms with Gasteiger partial charge in [0.2, 0.25) is 0 Å². The van der Waals surface area contributed by atoms with Gasteiger partial charge in [0, 0.05) is 11.8 Å². The van der Waals surface area contributed by atoms with Gasteiger partial charge in [0.1, 0.15) is 12.4 Å². The van der Waals surface area contributed by atoms with Gasteiger partial charge in [-0.05, 0) is 18.4 Å². The van der Waals surface area contributed by atoms with E-state index < -0.39 is 0 Å². The maximum atomic E-state index is 2.29. The molecule has 86 valence electrons. The molecule has 0 saturated carbocycles. The van der Waals surface area contributed by atoms with Gasteiger partial charge in [0.15, 0.2) is 5.52 Å². The highest BCUT2D eigenvalue weighted by Gasteiger charge is 2.13. The Balaban J connectivity index is 2.43. The van der Waals surface area contributed by atoms with Crippen LogP contribution in [0.1, 0.15) is 18.3 Å². The smallest absolute Gasteiger partial charge is 0.236 e. The van der Waals surface area contributed by atoms with Gasteiger partial charge in [-0.25, -0.2) is 4.57 Å². The summed E-state index contributed by atoms with van der Waals surface area (Å²) in [6.45, 7) is 4.33. The number of pyridine rings is 1. The van der Waals surface area contributed by atoms with Gasteiger partial charge in [-0.15, -0.1) is 0 Å². The molecule has 2 heteroatoms. The molecule has 2 heterocycles. The third-order valence-corrected chi connectivity index (χ3v) is 3.42. The number of rotatable bonds is 1. The Labute approximate surface area is 101 Å². The maximum absolute atomic E-state index is 2.29. The Hall–Kier alpha value is -1.83. The van der Waals surface area contributed by atoms with Crippen molar-refractivity contribution in [1.29, 1.82) is 0 Å². The fourth-order valence-electron chi connectivity index (χ4n) is 2.56. The monoisotopic (exact) mass is 225 g/mol. The average Bonchev–Trinajstić information content (AvgIpc) is 2.60. The van der Waals surface area contributed by atoms with Gasteiger partial charge >= 0.3 is 0 Å². The first-order valence-corrected chi connectivity index (χ1v) is 6.09. The van der Waals surface area contributed by atoms with Gasteiger partial charge in [-0.1, -0.05) is 30.7 Å². The van der Waals surface area contributed by atoms with Crippen LogP contribution in [-0.4, -0.2) is 4.40 Å². The van der Waals surface area contributed by atoms with Gasteiger partial charge in [-0.3, -0.25) is 0 Å². The van der Waals surface area contributed by atoms with E-state index in [0.717, 1.165) is 6.42 Å². The minimum absolute atomic E-state index is 1.04. The molecule has 0 aliphatic rings. The van der Waals surface area contributed by atoms with Crippen molar-refractivity contribution in [2.45, 2.75) is 20.3 Å². The van der Waals surface area contributed by atoms with Crippen LogP contribution in [0.2, 0.25) is 0 Å². The van der Waals surface area contributed by atoms with Crippen molar-refractivity contribution in [3.05, 3.63) is 48.0 Å². The highest BCUT2D eigenvalue weighted by atomic mass is 15.1. The number of aryl methyl sites for hydroxylation is 3. The van der Waals surface area contributed by atoms with E-state index in [1.807, 2.05) is 0 Å². The summed E-state index contributed by atoms with van der Waals surface area (Å²) in [5, 5.41) is 2.62. The summed E-state index contributed by atoms with van der Waals surface area (Å²) in [6.07, 6.45) is 5.48. The maximum Gasteiger partial charge on any atom is 0.261 e. The zero-order valence-electron chi connectivity index (χ0n) is 10.6. The normalized spacial score (nSPS) is 11.5. The largest absolute Gasteiger partial charge is 0.261 e. The van der Waals surface area contributed by atoms with Gasteiger partial charge in [0.05, 0.1) is 7.05 Å². The standard InChI is InChI=1S/C15H17N2/c1-4-15-16(3)10-14-8-13-7-11(2)5-6-12(13)9-17(14)15/h5-10H,4H2,1-3H3/q+1. The summed E-state index contributed by atoms with van der Waals surface area (Å²) >= 11 is 0. The molecule has 0 aliphatic heterocycles. The molecule has 3 aromatic rings. The van der Waals surface area contributed by atoms with Crippen LogP contribution in [0.3, 0.4) is 0 Å². The van der Waals surface area contributed by atoms with Crippen LogP contribution in [-0.2, 0) is 13.5 Å². The van der Waals surface area contributed by atoms with Crippen LogP contribution in [0.4, 0.5) is 0 Å². The SMILES string of the molecule is CCc1n2cc3ccc(C)cc3cc2c[n+]1C. The molecule has 0 aliphatic carbocycles. The fourth-order valence-corrected chi connectivity index (χ4v) is 2.56. The Kier molecular flexibility index (Phi) is 2.18. The third kappa shape index (κ3) is 1.52. The van der Waals surface area contributed by atoms with Crippen molar-refractivity contribution in [3.8, 4) is 0 Å². The first kappa shape index (κ1) is 10.3. The topological polar surface area (TPSA) is 8.29 Å². The Morgan fingerprint density at radius 2 is 2.00 bits per heavy atom. The van der Waals surface area contributed by atoms with E-state index >= 15 is 0 Å². The number of aromatic nitrogens is 2. The van der Waals surface area contributed by atoms with Crippen molar-refractivity contribution in [2.75, 3.05) is 0 Å². The Morgan fingerprint density at radius 1 is 1.18 bits per heavy atom. The molecule has 2 aromatic heterocycles. The second kappa shape index (κ2) is 3.59. The molecule has 17 heavy (non-hydrogen) atoms. The van der Waals surface area contributed by atoms with E-state index in [0.29, 0.717) is 0 Å². The van der Waals surface area contributed by atoms with E-state index in [1.54, 1.807) is 0 Å². The van der Waals surface area contributed by atoms with Crippen LogP contribution in [0, 0.1) is 6.92 Å². The lowest BCUT2D eigenvalue weighted by Gasteiger charge is -1.99. The number of hydrogen-bond donors (Lipinski definition) is 0.